The standard InChI is InChI=1S/C28H28N2O9S/c1-34-17-9-7-14(12-19(17)36-3)11-16-21(29)23(27(32)38-5)30-22(16)25(28(33)39-6)40-24(26(30)31)15-8-10-18(35-2)20(13-15)37-4/h7-13,24H,29H2,1-6H3/b16-11+. The van der Waals surface area contributed by atoms with Gasteiger partial charge in [-0.1, -0.05) is 23.9 Å². The Morgan fingerprint density at radius 2 is 1.40 bits per heavy atom. The number of thioether (sulfide) groups is 1. The van der Waals surface area contributed by atoms with Crippen LogP contribution in [-0.4, -0.2) is 65.1 Å². The summed E-state index contributed by atoms with van der Waals surface area (Å²) in [6, 6.07) is 10.1. The number of anilines is 1. The van der Waals surface area contributed by atoms with Gasteiger partial charge in [-0.25, -0.2) is 9.59 Å². The molecule has 4 rings (SSSR count). The van der Waals surface area contributed by atoms with Crippen molar-refractivity contribution in [1.29, 1.82) is 0 Å². The van der Waals surface area contributed by atoms with Gasteiger partial charge in [0.1, 0.15) is 10.2 Å². The van der Waals surface area contributed by atoms with Crippen LogP contribution in [0.1, 0.15) is 31.7 Å². The van der Waals surface area contributed by atoms with E-state index in [1.54, 1.807) is 42.5 Å². The molecule has 0 fully saturated rings. The first kappa shape index (κ1) is 28.4. The number of methoxy groups -OCH3 is 6. The number of carbonyl (C=O) groups is 3. The molecular formula is C28H28N2O9S. The second kappa shape index (κ2) is 11.7. The Morgan fingerprint density at radius 1 is 0.825 bits per heavy atom. The van der Waals surface area contributed by atoms with Crippen LogP contribution in [0.5, 0.6) is 23.0 Å². The van der Waals surface area contributed by atoms with Gasteiger partial charge in [-0.3, -0.25) is 9.36 Å². The Kier molecular flexibility index (Phi) is 8.29. The molecule has 1 unspecified atom stereocenters. The van der Waals surface area contributed by atoms with Crippen LogP contribution in [0.15, 0.2) is 36.4 Å². The third kappa shape index (κ3) is 4.81. The summed E-state index contributed by atoms with van der Waals surface area (Å²) in [6.07, 6.45) is 1.64. The van der Waals surface area contributed by atoms with Crippen molar-refractivity contribution >= 4 is 46.3 Å². The highest BCUT2D eigenvalue weighted by Crippen LogP contribution is 2.42. The van der Waals surface area contributed by atoms with E-state index >= 15 is 0 Å². The monoisotopic (exact) mass is 568 g/mol. The number of nitrogen functional groups attached to an aromatic ring is 1. The highest BCUT2D eigenvalue weighted by molar-refractivity contribution is 8.10. The molecule has 0 saturated heterocycles. The number of nitrogens with zero attached hydrogens (tertiary/aromatic N) is 1. The molecule has 0 radical (unpaired) electrons. The highest BCUT2D eigenvalue weighted by Gasteiger charge is 2.38. The van der Waals surface area contributed by atoms with Crippen LogP contribution in [0, 0.1) is 0 Å². The molecule has 0 saturated carbocycles. The van der Waals surface area contributed by atoms with Gasteiger partial charge in [-0.05, 0) is 41.5 Å². The first-order chi connectivity index (χ1) is 19.2. The summed E-state index contributed by atoms with van der Waals surface area (Å²) < 4.78 is 32.6. The highest BCUT2D eigenvalue weighted by atomic mass is 32.2. The number of carbonyl (C=O) groups excluding carboxylic acids is 3. The normalized spacial score (nSPS) is 14.8. The molecule has 0 aliphatic carbocycles. The summed E-state index contributed by atoms with van der Waals surface area (Å²) in [5.74, 6) is -0.259. The van der Waals surface area contributed by atoms with Crippen LogP contribution in [0.2, 0.25) is 0 Å². The van der Waals surface area contributed by atoms with E-state index in [0.717, 1.165) is 16.3 Å². The summed E-state index contributed by atoms with van der Waals surface area (Å²) in [6.45, 7) is 0. The second-order valence-corrected chi connectivity index (χ2v) is 9.50. The van der Waals surface area contributed by atoms with Crippen LogP contribution >= 0.6 is 11.8 Å². The first-order valence-corrected chi connectivity index (χ1v) is 12.7. The lowest BCUT2D eigenvalue weighted by Crippen LogP contribution is -2.42. The molecule has 0 amide bonds. The quantitative estimate of drug-likeness (QED) is 0.400. The fourth-order valence-electron chi connectivity index (χ4n) is 4.41. The second-order valence-electron chi connectivity index (χ2n) is 8.38. The van der Waals surface area contributed by atoms with E-state index in [9.17, 15) is 14.4 Å². The van der Waals surface area contributed by atoms with E-state index in [4.69, 9.17) is 34.2 Å². The Morgan fingerprint density at radius 3 is 1.98 bits per heavy atom. The van der Waals surface area contributed by atoms with Gasteiger partial charge in [0.15, 0.2) is 28.7 Å². The molecule has 3 aromatic rings. The smallest absolute Gasteiger partial charge is 0.357 e. The van der Waals surface area contributed by atoms with Crippen molar-refractivity contribution in [2.24, 2.45) is 0 Å². The molecule has 2 aromatic carbocycles. The lowest BCUT2D eigenvalue weighted by Gasteiger charge is -2.24. The molecule has 11 nitrogen and oxygen atoms in total. The number of nitrogens with two attached hydrogens (primary N) is 1. The third-order valence-corrected chi connectivity index (χ3v) is 7.63. The van der Waals surface area contributed by atoms with Crippen molar-refractivity contribution < 1.29 is 42.8 Å². The molecule has 2 heterocycles. The van der Waals surface area contributed by atoms with Gasteiger partial charge in [-0.15, -0.1) is 0 Å². The number of rotatable bonds is 8. The number of hydrogen-bond acceptors (Lipinski definition) is 11. The van der Waals surface area contributed by atoms with E-state index in [2.05, 4.69) is 0 Å². The summed E-state index contributed by atoms with van der Waals surface area (Å²) >= 11 is 0.984. The van der Waals surface area contributed by atoms with Crippen molar-refractivity contribution in [2.75, 3.05) is 48.4 Å². The fraction of sp³-hybridized carbons (Fsp3) is 0.250. The number of hydrogen-bond donors (Lipinski definition) is 1. The molecule has 1 atom stereocenters. The molecule has 2 N–H and O–H groups in total. The third-order valence-electron chi connectivity index (χ3n) is 6.32. The molecule has 12 heteroatoms. The maximum absolute atomic E-state index is 14.1. The zero-order valence-corrected chi connectivity index (χ0v) is 23.5. The Bertz CT molecular complexity index is 1630. The lowest BCUT2D eigenvalue weighted by atomic mass is 10.1. The minimum Gasteiger partial charge on any atom is -0.493 e. The number of ether oxygens (including phenoxy) is 6. The van der Waals surface area contributed by atoms with Crippen molar-refractivity contribution in [3.63, 3.8) is 0 Å². The first-order valence-electron chi connectivity index (χ1n) is 11.8. The Hall–Kier alpha value is -4.58. The van der Waals surface area contributed by atoms with E-state index in [1.165, 1.54) is 42.7 Å². The molecule has 0 bridgehead atoms. The average Bonchev–Trinajstić information content (AvgIpc) is 3.27. The maximum atomic E-state index is 14.1. The summed E-state index contributed by atoms with van der Waals surface area (Å²) in [4.78, 5) is 40.2. The van der Waals surface area contributed by atoms with Crippen molar-refractivity contribution in [2.45, 2.75) is 5.25 Å². The van der Waals surface area contributed by atoms with Gasteiger partial charge in [0.05, 0.1) is 53.7 Å². The number of fused-ring (bicyclic) bond motifs is 1. The maximum Gasteiger partial charge on any atom is 0.357 e. The molecule has 40 heavy (non-hydrogen) atoms. The van der Waals surface area contributed by atoms with Gasteiger partial charge in [0.25, 0.3) is 0 Å². The van der Waals surface area contributed by atoms with E-state index in [0.29, 0.717) is 34.1 Å². The van der Waals surface area contributed by atoms with Gasteiger partial charge in [-0.2, -0.15) is 0 Å². The molecule has 1 aliphatic rings. The van der Waals surface area contributed by atoms with Crippen LogP contribution in [0.4, 0.5) is 5.69 Å². The van der Waals surface area contributed by atoms with Gasteiger partial charge in [0, 0.05) is 5.22 Å². The Labute approximate surface area is 234 Å². The molecule has 0 spiro atoms. The lowest BCUT2D eigenvalue weighted by molar-refractivity contribution is -0.133. The zero-order chi connectivity index (χ0) is 29.1. The van der Waals surface area contributed by atoms with E-state index in [-0.39, 0.29) is 26.9 Å². The molecule has 210 valence electrons. The Balaban J connectivity index is 2.06. The average molecular weight is 569 g/mol. The van der Waals surface area contributed by atoms with Crippen LogP contribution < -0.4 is 35.2 Å². The fourth-order valence-corrected chi connectivity index (χ4v) is 5.63. The number of benzene rings is 2. The van der Waals surface area contributed by atoms with Gasteiger partial charge >= 0.3 is 11.9 Å². The summed E-state index contributed by atoms with van der Waals surface area (Å²) in [5, 5.41) is -0.573. The predicted molar refractivity (Wildman–Crippen MR) is 148 cm³/mol. The van der Waals surface area contributed by atoms with Crippen molar-refractivity contribution in [3.05, 3.63) is 63.8 Å². The van der Waals surface area contributed by atoms with Crippen molar-refractivity contribution in [3.8, 4) is 23.0 Å². The minimum atomic E-state index is -0.953. The molecule has 1 aromatic heterocycles. The van der Waals surface area contributed by atoms with Crippen LogP contribution in [-0.2, 0) is 14.3 Å². The van der Waals surface area contributed by atoms with Crippen LogP contribution in [0.25, 0.3) is 11.0 Å². The predicted octanol–water partition coefficient (Wildman–Crippen LogP) is 2.13. The topological polar surface area (TPSA) is 138 Å². The van der Waals surface area contributed by atoms with E-state index in [1.807, 2.05) is 0 Å². The van der Waals surface area contributed by atoms with Crippen LogP contribution in [0.3, 0.4) is 0 Å². The minimum absolute atomic E-state index is 0.0417. The van der Waals surface area contributed by atoms with Gasteiger partial charge < -0.3 is 34.2 Å². The zero-order valence-electron chi connectivity index (χ0n) is 22.7. The van der Waals surface area contributed by atoms with Crippen molar-refractivity contribution in [1.82, 2.24) is 4.57 Å². The largest absolute Gasteiger partial charge is 0.493 e. The van der Waals surface area contributed by atoms with Gasteiger partial charge in [0.2, 0.25) is 5.91 Å². The SMILES string of the molecule is COC(=O)C1=c2/c(=C/c3ccc(OC)c(OC)c3)c(N)c(C(=O)OC)n2C(=O)C(c2ccc(OC)c(OC)c2)S1. The number of aromatic nitrogens is 1. The summed E-state index contributed by atoms with van der Waals surface area (Å²) in [5.41, 5.74) is 7.36. The molecular weight excluding hydrogens is 540 g/mol. The number of esters is 2. The van der Waals surface area contributed by atoms with E-state index < -0.39 is 23.1 Å². The molecule has 1 aliphatic heterocycles. The summed E-state index contributed by atoms with van der Waals surface area (Å²) in [7, 11) is 8.39.